The zero-order valence-electron chi connectivity index (χ0n) is 12.5. The Morgan fingerprint density at radius 1 is 1.05 bits per heavy atom. The zero-order valence-corrected chi connectivity index (χ0v) is 13.4. The first-order chi connectivity index (χ1) is 9.53. The van der Waals surface area contributed by atoms with Crippen LogP contribution in [0.3, 0.4) is 0 Å². The fraction of sp³-hybridized carbons (Fsp3) is 0.625. The van der Waals surface area contributed by atoms with Crippen molar-refractivity contribution in [2.75, 3.05) is 5.75 Å². The minimum absolute atomic E-state index is 0. The quantitative estimate of drug-likeness (QED) is 0.374. The fourth-order valence-electron chi connectivity index (χ4n) is 1.99. The summed E-state index contributed by atoms with van der Waals surface area (Å²) < 4.78 is 28.6. The van der Waals surface area contributed by atoms with Gasteiger partial charge in [0, 0.05) is 0 Å². The molecule has 1 unspecified atom stereocenters. The summed E-state index contributed by atoms with van der Waals surface area (Å²) in [5.41, 5.74) is 0. The van der Waals surface area contributed by atoms with Crippen LogP contribution in [0.15, 0.2) is 30.3 Å². The van der Waals surface area contributed by atoms with Gasteiger partial charge in [-0.25, -0.2) is 0 Å². The van der Waals surface area contributed by atoms with Crippen LogP contribution in [0.4, 0.5) is 0 Å². The number of para-hydroxylation sites is 1. The summed E-state index contributed by atoms with van der Waals surface area (Å²) in [5.74, 6) is 1.27. The average Bonchev–Trinajstić information content (AvgIpc) is 2.43. The van der Waals surface area contributed by atoms with Crippen LogP contribution in [0.1, 0.15) is 52.4 Å². The second kappa shape index (κ2) is 11.5. The van der Waals surface area contributed by atoms with E-state index in [2.05, 4.69) is 13.8 Å². The Hall–Kier alpha value is -0.0300. The molecule has 0 radical (unpaired) electrons. The fourth-order valence-corrected chi connectivity index (χ4v) is 3.04. The number of rotatable bonds is 10. The molecule has 0 N–H and O–H groups in total. The summed E-state index contributed by atoms with van der Waals surface area (Å²) in [6, 6.07) is 8.67. The van der Waals surface area contributed by atoms with Crippen molar-refractivity contribution in [1.82, 2.24) is 0 Å². The summed E-state index contributed by atoms with van der Waals surface area (Å²) in [5, 5.41) is 0. The summed E-state index contributed by atoms with van der Waals surface area (Å²) in [6.45, 7) is 4.47. The van der Waals surface area contributed by atoms with E-state index in [9.17, 15) is 8.42 Å². The van der Waals surface area contributed by atoms with Crippen LogP contribution in [0.2, 0.25) is 0 Å². The minimum atomic E-state index is -3.44. The summed E-state index contributed by atoms with van der Waals surface area (Å²) >= 11 is 0. The van der Waals surface area contributed by atoms with E-state index < -0.39 is 10.1 Å². The molecule has 0 spiro atoms. The second-order valence-electron chi connectivity index (χ2n) is 5.37. The van der Waals surface area contributed by atoms with E-state index >= 15 is 0 Å². The molecule has 0 aliphatic rings. The predicted octanol–water partition coefficient (Wildman–Crippen LogP) is 3.74. The molecule has 1 aromatic carbocycles. The number of unbranched alkanes of at least 4 members (excludes halogenated alkanes) is 3. The molecule has 116 valence electrons. The van der Waals surface area contributed by atoms with E-state index in [-0.39, 0.29) is 35.3 Å². The van der Waals surface area contributed by atoms with Gasteiger partial charge in [0.1, 0.15) is 5.75 Å². The normalized spacial score (nSPS) is 12.5. The first-order valence-electron chi connectivity index (χ1n) is 7.50. The van der Waals surface area contributed by atoms with Gasteiger partial charge in [0.05, 0.1) is 5.75 Å². The first-order valence-corrected chi connectivity index (χ1v) is 9.08. The molecule has 0 amide bonds. The van der Waals surface area contributed by atoms with Gasteiger partial charge in [-0.2, -0.15) is 8.42 Å². The molecule has 0 saturated heterocycles. The van der Waals surface area contributed by atoms with E-state index in [0.29, 0.717) is 12.2 Å². The molecule has 1 aromatic rings. The topological polar surface area (TPSA) is 43.4 Å². The number of benzene rings is 1. The third-order valence-electron chi connectivity index (χ3n) is 3.50. The molecule has 0 aliphatic heterocycles. The van der Waals surface area contributed by atoms with Gasteiger partial charge in [-0.1, -0.05) is 64.2 Å². The Morgan fingerprint density at radius 3 is 2.29 bits per heavy atom. The van der Waals surface area contributed by atoms with Crippen molar-refractivity contribution < 1.29 is 12.6 Å². The van der Waals surface area contributed by atoms with Crippen molar-refractivity contribution >= 4 is 39.7 Å². The maximum atomic E-state index is 11.8. The standard InChI is InChI=1S/C16H26O3S.Na.H/c1-3-15(2)11-7-4-5-10-14-20(17,18)19-16-12-8-6-9-13-16;;/h6,8-9,12-13,15H,3-5,7,10-11,14H2,1-2H3;;. The SMILES string of the molecule is CCC(C)CCCCCCS(=O)(=O)Oc1ccccc1.[NaH]. The van der Waals surface area contributed by atoms with E-state index in [1.54, 1.807) is 24.3 Å². The monoisotopic (exact) mass is 322 g/mol. The molecule has 0 aromatic heterocycles. The predicted molar refractivity (Wildman–Crippen MR) is 90.5 cm³/mol. The van der Waals surface area contributed by atoms with Gasteiger partial charge in [-0.3, -0.25) is 0 Å². The molecule has 1 rings (SSSR count). The Balaban J connectivity index is 0.00000400. The van der Waals surface area contributed by atoms with E-state index in [4.69, 9.17) is 4.18 Å². The van der Waals surface area contributed by atoms with E-state index in [1.165, 1.54) is 19.3 Å². The second-order valence-corrected chi connectivity index (χ2v) is 7.06. The number of hydrogen-bond acceptors (Lipinski definition) is 3. The van der Waals surface area contributed by atoms with Crippen LogP contribution in [-0.2, 0) is 10.1 Å². The molecule has 21 heavy (non-hydrogen) atoms. The van der Waals surface area contributed by atoms with Crippen LogP contribution in [0.5, 0.6) is 5.75 Å². The Bertz CT molecular complexity index is 460. The van der Waals surface area contributed by atoms with E-state index in [1.807, 2.05) is 6.07 Å². The molecule has 0 saturated carbocycles. The van der Waals surface area contributed by atoms with Crippen LogP contribution < -0.4 is 4.18 Å². The van der Waals surface area contributed by atoms with Gasteiger partial charge in [0.15, 0.2) is 0 Å². The molecule has 0 aliphatic carbocycles. The Kier molecular flexibility index (Phi) is 11.5. The first kappa shape index (κ1) is 21.0. The molecule has 3 nitrogen and oxygen atoms in total. The summed E-state index contributed by atoms with van der Waals surface area (Å²) in [6.07, 6.45) is 6.38. The van der Waals surface area contributed by atoms with Gasteiger partial charge >= 0.3 is 39.7 Å². The average molecular weight is 322 g/mol. The maximum absolute atomic E-state index is 11.8. The summed E-state index contributed by atoms with van der Waals surface area (Å²) in [7, 11) is -3.44. The third kappa shape index (κ3) is 10.3. The van der Waals surface area contributed by atoms with Crippen molar-refractivity contribution in [3.05, 3.63) is 30.3 Å². The molecule has 0 fully saturated rings. The van der Waals surface area contributed by atoms with Crippen molar-refractivity contribution in [3.8, 4) is 5.75 Å². The molecule has 0 heterocycles. The molecule has 5 heteroatoms. The molecular formula is C16H27NaO3S. The Labute approximate surface area is 151 Å². The molecule has 0 bridgehead atoms. The zero-order chi connectivity index (χ0) is 14.8. The van der Waals surface area contributed by atoms with Gasteiger partial charge in [0.25, 0.3) is 0 Å². The van der Waals surface area contributed by atoms with Gasteiger partial charge in [-0.05, 0) is 24.5 Å². The van der Waals surface area contributed by atoms with E-state index in [0.717, 1.165) is 18.8 Å². The van der Waals surface area contributed by atoms with Crippen LogP contribution in [0, 0.1) is 5.92 Å². The van der Waals surface area contributed by atoms with Crippen LogP contribution >= 0.6 is 0 Å². The van der Waals surface area contributed by atoms with Crippen molar-refractivity contribution in [1.29, 1.82) is 0 Å². The van der Waals surface area contributed by atoms with Crippen molar-refractivity contribution in [3.63, 3.8) is 0 Å². The van der Waals surface area contributed by atoms with Gasteiger partial charge in [-0.15, -0.1) is 0 Å². The van der Waals surface area contributed by atoms with Crippen LogP contribution in [0.25, 0.3) is 0 Å². The Morgan fingerprint density at radius 2 is 1.67 bits per heavy atom. The van der Waals surface area contributed by atoms with Gasteiger partial charge < -0.3 is 4.18 Å². The number of hydrogen-bond donors (Lipinski definition) is 0. The summed E-state index contributed by atoms with van der Waals surface area (Å²) in [4.78, 5) is 0. The van der Waals surface area contributed by atoms with Crippen LogP contribution in [-0.4, -0.2) is 43.7 Å². The van der Waals surface area contributed by atoms with Crippen molar-refractivity contribution in [2.45, 2.75) is 52.4 Å². The molecule has 1 atom stereocenters. The van der Waals surface area contributed by atoms with Gasteiger partial charge in [0.2, 0.25) is 0 Å². The molecular weight excluding hydrogens is 295 g/mol. The third-order valence-corrected chi connectivity index (χ3v) is 4.74. The van der Waals surface area contributed by atoms with Crippen molar-refractivity contribution in [2.24, 2.45) is 5.92 Å².